The largest absolute Gasteiger partial charge is 0.455 e. The zero-order chi connectivity index (χ0) is 37.5. The standard InChI is InChI=1S/C51H30N4OS/c1-3-14-31(15-4-1)49-52-50(32-16-5-2-6-17-32)54-51(53-49)38-22-11-21-37-46-34(20-12-26-43(46)56-48(37)38)33-28-29-44-39(30-33)47-42(25-13-27-45(47)57-44)55-40-23-9-7-18-35(40)36-19-8-10-24-41(36)55/h1-30H. The number of furan rings is 1. The van der Waals surface area contributed by atoms with Crippen molar-refractivity contribution in [2.75, 3.05) is 0 Å². The highest BCUT2D eigenvalue weighted by Gasteiger charge is 2.21. The van der Waals surface area contributed by atoms with E-state index in [4.69, 9.17) is 19.4 Å². The number of rotatable bonds is 5. The van der Waals surface area contributed by atoms with Crippen LogP contribution in [0.25, 0.3) is 115 Å². The van der Waals surface area contributed by atoms with Crippen molar-refractivity contribution in [1.29, 1.82) is 0 Å². The van der Waals surface area contributed by atoms with Crippen LogP contribution in [0, 0.1) is 0 Å². The Balaban J connectivity index is 1.06. The number of para-hydroxylation sites is 3. The number of thiophene rings is 1. The lowest BCUT2D eigenvalue weighted by Gasteiger charge is -2.11. The van der Waals surface area contributed by atoms with Gasteiger partial charge in [-0.25, -0.2) is 15.0 Å². The van der Waals surface area contributed by atoms with Crippen molar-refractivity contribution >= 4 is 75.3 Å². The number of hydrogen-bond acceptors (Lipinski definition) is 5. The van der Waals surface area contributed by atoms with Crippen LogP contribution in [0.1, 0.15) is 0 Å². The predicted molar refractivity (Wildman–Crippen MR) is 236 cm³/mol. The van der Waals surface area contributed by atoms with Crippen molar-refractivity contribution in [3.8, 4) is 51.0 Å². The van der Waals surface area contributed by atoms with Gasteiger partial charge < -0.3 is 8.98 Å². The maximum atomic E-state index is 6.78. The maximum absolute atomic E-state index is 6.78. The summed E-state index contributed by atoms with van der Waals surface area (Å²) in [5.41, 5.74) is 10.1. The lowest BCUT2D eigenvalue weighted by atomic mass is 9.97. The van der Waals surface area contributed by atoms with E-state index < -0.39 is 0 Å². The van der Waals surface area contributed by atoms with Crippen LogP contribution in [-0.2, 0) is 0 Å². The fourth-order valence-corrected chi connectivity index (χ4v) is 9.64. The average Bonchev–Trinajstić information content (AvgIpc) is 3.96. The molecular formula is C51H30N4OS. The van der Waals surface area contributed by atoms with Gasteiger partial charge in [-0.1, -0.05) is 133 Å². The minimum absolute atomic E-state index is 0.567. The zero-order valence-electron chi connectivity index (χ0n) is 30.4. The van der Waals surface area contributed by atoms with E-state index >= 15 is 0 Å². The van der Waals surface area contributed by atoms with Gasteiger partial charge in [0.1, 0.15) is 11.2 Å². The van der Waals surface area contributed by atoms with Crippen LogP contribution in [0.2, 0.25) is 0 Å². The van der Waals surface area contributed by atoms with Crippen LogP contribution >= 0.6 is 11.3 Å². The Kier molecular flexibility index (Phi) is 7.03. The topological polar surface area (TPSA) is 56.7 Å². The van der Waals surface area contributed by atoms with E-state index in [1.807, 2.05) is 78.1 Å². The first-order valence-electron chi connectivity index (χ1n) is 19.0. The zero-order valence-corrected chi connectivity index (χ0v) is 31.2. The molecule has 0 saturated carbocycles. The molecule has 4 heterocycles. The summed E-state index contributed by atoms with van der Waals surface area (Å²) in [5, 5.41) is 7.10. The van der Waals surface area contributed by atoms with Gasteiger partial charge in [0.05, 0.1) is 22.3 Å². The summed E-state index contributed by atoms with van der Waals surface area (Å²) in [6, 6.07) is 63.8. The molecule has 0 fully saturated rings. The maximum Gasteiger partial charge on any atom is 0.167 e. The SMILES string of the molecule is c1ccc(-c2nc(-c3ccccc3)nc(-c3cccc4c3oc3cccc(-c5ccc6sc7cccc(-n8c9ccccc9c9ccccc98)c7c6c5)c34)n2)cc1. The van der Waals surface area contributed by atoms with Crippen LogP contribution < -0.4 is 0 Å². The van der Waals surface area contributed by atoms with E-state index in [0.29, 0.717) is 17.5 Å². The average molecular weight is 747 g/mol. The molecule has 12 aromatic rings. The quantitative estimate of drug-likeness (QED) is 0.176. The van der Waals surface area contributed by atoms with E-state index in [2.05, 4.69) is 120 Å². The molecule has 8 aromatic carbocycles. The molecule has 0 aliphatic rings. The summed E-state index contributed by atoms with van der Waals surface area (Å²) >= 11 is 1.84. The second-order valence-electron chi connectivity index (χ2n) is 14.3. The third-order valence-corrected chi connectivity index (χ3v) is 12.2. The van der Waals surface area contributed by atoms with Gasteiger partial charge in [-0.05, 0) is 59.7 Å². The van der Waals surface area contributed by atoms with Crippen LogP contribution in [-0.4, -0.2) is 19.5 Å². The first-order valence-corrected chi connectivity index (χ1v) is 19.8. The molecule has 0 atom stereocenters. The molecular weight excluding hydrogens is 717 g/mol. The smallest absolute Gasteiger partial charge is 0.167 e. The molecule has 266 valence electrons. The summed E-state index contributed by atoms with van der Waals surface area (Å²) in [5.74, 6) is 1.80. The highest BCUT2D eigenvalue weighted by molar-refractivity contribution is 7.25. The Hall–Kier alpha value is -7.41. The summed E-state index contributed by atoms with van der Waals surface area (Å²) < 4.78 is 11.7. The third kappa shape index (κ3) is 4.98. The summed E-state index contributed by atoms with van der Waals surface area (Å²) in [7, 11) is 0. The molecule has 5 nitrogen and oxygen atoms in total. The number of nitrogens with zero attached hydrogens (tertiary/aromatic N) is 4. The molecule has 0 radical (unpaired) electrons. The van der Waals surface area contributed by atoms with Gasteiger partial charge in [0.15, 0.2) is 17.5 Å². The van der Waals surface area contributed by atoms with Gasteiger partial charge in [-0.3, -0.25) is 0 Å². The van der Waals surface area contributed by atoms with E-state index in [0.717, 1.165) is 49.8 Å². The Bertz CT molecular complexity index is 3420. The van der Waals surface area contributed by atoms with E-state index in [9.17, 15) is 0 Å². The summed E-state index contributed by atoms with van der Waals surface area (Å²) in [6.07, 6.45) is 0. The summed E-state index contributed by atoms with van der Waals surface area (Å²) in [6.45, 7) is 0. The van der Waals surface area contributed by atoms with Crippen molar-refractivity contribution in [1.82, 2.24) is 19.5 Å². The Morgan fingerprint density at radius 1 is 0.404 bits per heavy atom. The molecule has 0 N–H and O–H groups in total. The number of aromatic nitrogens is 4. The lowest BCUT2D eigenvalue weighted by molar-refractivity contribution is 0.669. The predicted octanol–water partition coefficient (Wildman–Crippen LogP) is 13.9. The third-order valence-electron chi connectivity index (χ3n) is 11.1. The van der Waals surface area contributed by atoms with E-state index in [1.165, 1.54) is 47.7 Å². The minimum Gasteiger partial charge on any atom is -0.455 e. The van der Waals surface area contributed by atoms with Gasteiger partial charge in [-0.2, -0.15) is 0 Å². The first-order chi connectivity index (χ1) is 28.3. The molecule has 0 spiro atoms. The highest BCUT2D eigenvalue weighted by atomic mass is 32.1. The Labute approximate surface area is 330 Å². The molecule has 0 bridgehead atoms. The van der Waals surface area contributed by atoms with Gasteiger partial charge >= 0.3 is 0 Å². The molecule has 0 saturated heterocycles. The van der Waals surface area contributed by atoms with Crippen molar-refractivity contribution in [2.24, 2.45) is 0 Å². The number of benzene rings is 8. The fraction of sp³-hybridized carbons (Fsp3) is 0. The second kappa shape index (κ2) is 12.6. The van der Waals surface area contributed by atoms with E-state index in [-0.39, 0.29) is 0 Å². The van der Waals surface area contributed by atoms with Gasteiger partial charge in [0.25, 0.3) is 0 Å². The van der Waals surface area contributed by atoms with Crippen LogP contribution in [0.5, 0.6) is 0 Å². The number of hydrogen-bond donors (Lipinski definition) is 0. The van der Waals surface area contributed by atoms with Crippen molar-refractivity contribution in [2.45, 2.75) is 0 Å². The molecule has 4 aromatic heterocycles. The summed E-state index contributed by atoms with van der Waals surface area (Å²) in [4.78, 5) is 15.0. The van der Waals surface area contributed by atoms with Crippen molar-refractivity contribution in [3.05, 3.63) is 182 Å². The molecule has 6 heteroatoms. The Morgan fingerprint density at radius 3 is 1.72 bits per heavy atom. The normalized spacial score (nSPS) is 11.9. The van der Waals surface area contributed by atoms with Gasteiger partial charge in [-0.15, -0.1) is 11.3 Å². The van der Waals surface area contributed by atoms with Crippen LogP contribution in [0.3, 0.4) is 0 Å². The highest BCUT2D eigenvalue weighted by Crippen LogP contribution is 2.45. The number of fused-ring (bicyclic) bond motifs is 9. The van der Waals surface area contributed by atoms with Crippen molar-refractivity contribution < 1.29 is 4.42 Å². The first kappa shape index (κ1) is 31.9. The van der Waals surface area contributed by atoms with Gasteiger partial charge in [0, 0.05) is 52.8 Å². The molecule has 0 aliphatic heterocycles. The molecule has 0 aliphatic carbocycles. The monoisotopic (exact) mass is 746 g/mol. The lowest BCUT2D eigenvalue weighted by Crippen LogP contribution is -2.00. The molecule has 0 unspecified atom stereocenters. The molecule has 12 rings (SSSR count). The van der Waals surface area contributed by atoms with Gasteiger partial charge in [0.2, 0.25) is 0 Å². The fourth-order valence-electron chi connectivity index (χ4n) is 8.54. The van der Waals surface area contributed by atoms with Crippen LogP contribution in [0.15, 0.2) is 186 Å². The van der Waals surface area contributed by atoms with Crippen molar-refractivity contribution in [3.63, 3.8) is 0 Å². The van der Waals surface area contributed by atoms with E-state index in [1.54, 1.807) is 0 Å². The van der Waals surface area contributed by atoms with Crippen LogP contribution in [0.4, 0.5) is 0 Å². The molecule has 57 heavy (non-hydrogen) atoms. The molecule has 0 amide bonds. The second-order valence-corrected chi connectivity index (χ2v) is 15.4. The minimum atomic E-state index is 0.567. The Morgan fingerprint density at radius 2 is 1.00 bits per heavy atom.